The zero-order chi connectivity index (χ0) is 15.1. The van der Waals surface area contributed by atoms with Crippen molar-refractivity contribution >= 4 is 28.8 Å². The Morgan fingerprint density at radius 1 is 1.35 bits per heavy atom. The molecule has 5 heteroatoms. The monoisotopic (exact) mass is 291 g/mol. The van der Waals surface area contributed by atoms with Crippen LogP contribution in [0.5, 0.6) is 0 Å². The van der Waals surface area contributed by atoms with E-state index in [0.29, 0.717) is 11.5 Å². The lowest BCUT2D eigenvalue weighted by Gasteiger charge is -2.46. The van der Waals surface area contributed by atoms with Gasteiger partial charge < -0.3 is 15.5 Å². The second kappa shape index (κ2) is 5.05. The Balaban J connectivity index is 2.53. The fraction of sp³-hybridized carbons (Fsp3) is 0.467. The highest BCUT2D eigenvalue weighted by molar-refractivity contribution is 7.80. The van der Waals surface area contributed by atoms with Gasteiger partial charge >= 0.3 is 0 Å². The van der Waals surface area contributed by atoms with E-state index in [2.05, 4.69) is 11.0 Å². The Labute approximate surface area is 125 Å². The van der Waals surface area contributed by atoms with Gasteiger partial charge in [-0.25, -0.2) is 0 Å². The molecule has 1 aliphatic heterocycles. The van der Waals surface area contributed by atoms with Crippen molar-refractivity contribution in [3.63, 3.8) is 0 Å². The highest BCUT2D eigenvalue weighted by Crippen LogP contribution is 2.32. The van der Waals surface area contributed by atoms with Crippen molar-refractivity contribution in [2.24, 2.45) is 5.73 Å². The van der Waals surface area contributed by atoms with Crippen LogP contribution in [0, 0.1) is 6.92 Å². The summed E-state index contributed by atoms with van der Waals surface area (Å²) >= 11 is 5.15. The minimum absolute atomic E-state index is 0.110. The molecule has 0 aliphatic carbocycles. The second-order valence-corrected chi connectivity index (χ2v) is 6.26. The van der Waals surface area contributed by atoms with Gasteiger partial charge in [-0.15, -0.1) is 0 Å². The third-order valence-corrected chi connectivity index (χ3v) is 4.13. The molecule has 2 N–H and O–H groups in total. The molecule has 0 unspecified atom stereocenters. The molecule has 1 heterocycles. The van der Waals surface area contributed by atoms with Gasteiger partial charge in [-0.1, -0.05) is 18.3 Å². The van der Waals surface area contributed by atoms with E-state index in [1.165, 1.54) is 0 Å². The molecule has 1 saturated heterocycles. The first-order valence-corrected chi connectivity index (χ1v) is 7.09. The Morgan fingerprint density at radius 3 is 2.60 bits per heavy atom. The number of anilines is 1. The van der Waals surface area contributed by atoms with E-state index in [0.717, 1.165) is 23.4 Å². The van der Waals surface area contributed by atoms with Gasteiger partial charge in [0, 0.05) is 31.4 Å². The fourth-order valence-electron chi connectivity index (χ4n) is 2.71. The average molecular weight is 291 g/mol. The normalized spacial score (nSPS) is 18.3. The number of carbonyl (C=O) groups is 1. The summed E-state index contributed by atoms with van der Waals surface area (Å²) in [6.45, 7) is 7.38. The standard InChI is InChI=1S/C15H21N3OS/c1-10-5-6-11(13(16)20)12(9-10)18-8-7-17(4)14(19)15(18,2)3/h5-6,9H,7-8H2,1-4H3,(H2,16,20). The maximum absolute atomic E-state index is 12.4. The van der Waals surface area contributed by atoms with Gasteiger partial charge in [0.25, 0.3) is 0 Å². The first-order valence-electron chi connectivity index (χ1n) is 6.69. The summed E-state index contributed by atoms with van der Waals surface area (Å²) in [6, 6.07) is 5.98. The van der Waals surface area contributed by atoms with E-state index >= 15 is 0 Å². The molecule has 0 atom stereocenters. The quantitative estimate of drug-likeness (QED) is 0.842. The number of rotatable bonds is 2. The number of thiocarbonyl (C=S) groups is 1. The molecule has 0 aromatic heterocycles. The third-order valence-electron chi connectivity index (χ3n) is 3.91. The maximum atomic E-state index is 12.4. The number of likely N-dealkylation sites (N-methyl/N-ethyl adjacent to an activating group) is 1. The van der Waals surface area contributed by atoms with Crippen LogP contribution in [0.1, 0.15) is 25.0 Å². The molecule has 0 spiro atoms. The smallest absolute Gasteiger partial charge is 0.247 e. The topological polar surface area (TPSA) is 49.6 Å². The Hall–Kier alpha value is -1.62. The molecule has 1 fully saturated rings. The van der Waals surface area contributed by atoms with E-state index in [-0.39, 0.29) is 5.91 Å². The molecule has 0 bridgehead atoms. The average Bonchev–Trinajstić information content (AvgIpc) is 2.35. The van der Waals surface area contributed by atoms with Gasteiger partial charge in [0.15, 0.2) is 0 Å². The summed E-state index contributed by atoms with van der Waals surface area (Å²) in [4.78, 5) is 16.7. The molecule has 2 rings (SSSR count). The van der Waals surface area contributed by atoms with Gasteiger partial charge in [-0.2, -0.15) is 0 Å². The molecule has 1 aromatic carbocycles. The van der Waals surface area contributed by atoms with Crippen LogP contribution in [-0.2, 0) is 4.79 Å². The van der Waals surface area contributed by atoms with Crippen LogP contribution >= 0.6 is 12.2 Å². The van der Waals surface area contributed by atoms with E-state index in [9.17, 15) is 4.79 Å². The first kappa shape index (κ1) is 14.8. The van der Waals surface area contributed by atoms with Crippen molar-refractivity contribution < 1.29 is 4.79 Å². The number of amides is 1. The summed E-state index contributed by atoms with van der Waals surface area (Å²) in [5.41, 5.74) is 8.14. The van der Waals surface area contributed by atoms with Crippen molar-refractivity contribution in [1.82, 2.24) is 4.90 Å². The number of aryl methyl sites for hydroxylation is 1. The Morgan fingerprint density at radius 2 is 2.00 bits per heavy atom. The lowest BCUT2D eigenvalue weighted by Crippen LogP contribution is -2.62. The number of hydrogen-bond acceptors (Lipinski definition) is 3. The van der Waals surface area contributed by atoms with Crippen LogP contribution in [0.3, 0.4) is 0 Å². The van der Waals surface area contributed by atoms with Crippen molar-refractivity contribution in [3.05, 3.63) is 29.3 Å². The fourth-order valence-corrected chi connectivity index (χ4v) is 2.88. The molecule has 0 saturated carbocycles. The SMILES string of the molecule is Cc1ccc(C(N)=S)c(N2CCN(C)C(=O)C2(C)C)c1. The van der Waals surface area contributed by atoms with E-state index in [1.807, 2.05) is 40.0 Å². The molecule has 20 heavy (non-hydrogen) atoms. The lowest BCUT2D eigenvalue weighted by atomic mass is 9.95. The number of carbonyl (C=O) groups excluding carboxylic acids is 1. The second-order valence-electron chi connectivity index (χ2n) is 5.82. The van der Waals surface area contributed by atoms with Crippen LogP contribution in [-0.4, -0.2) is 41.5 Å². The van der Waals surface area contributed by atoms with Crippen molar-refractivity contribution in [1.29, 1.82) is 0 Å². The van der Waals surface area contributed by atoms with Crippen molar-refractivity contribution in [2.45, 2.75) is 26.3 Å². The van der Waals surface area contributed by atoms with Crippen LogP contribution in [0.15, 0.2) is 18.2 Å². The van der Waals surface area contributed by atoms with Gasteiger partial charge in [0.1, 0.15) is 10.5 Å². The molecular weight excluding hydrogens is 270 g/mol. The van der Waals surface area contributed by atoms with Gasteiger partial charge in [0.2, 0.25) is 5.91 Å². The summed E-state index contributed by atoms with van der Waals surface area (Å²) in [6.07, 6.45) is 0. The summed E-state index contributed by atoms with van der Waals surface area (Å²) in [7, 11) is 1.84. The summed E-state index contributed by atoms with van der Waals surface area (Å²) < 4.78 is 0. The third kappa shape index (κ3) is 2.38. The Kier molecular flexibility index (Phi) is 3.73. The molecular formula is C15H21N3OS. The Bertz CT molecular complexity index is 568. The largest absolute Gasteiger partial charge is 0.389 e. The maximum Gasteiger partial charge on any atom is 0.247 e. The minimum Gasteiger partial charge on any atom is -0.389 e. The number of benzene rings is 1. The van der Waals surface area contributed by atoms with Gasteiger partial charge in [-0.3, -0.25) is 4.79 Å². The van der Waals surface area contributed by atoms with Crippen LogP contribution in [0.25, 0.3) is 0 Å². The number of nitrogens with zero attached hydrogens (tertiary/aromatic N) is 2. The zero-order valence-corrected chi connectivity index (χ0v) is 13.3. The van der Waals surface area contributed by atoms with Gasteiger partial charge in [-0.05, 0) is 38.5 Å². The highest BCUT2D eigenvalue weighted by Gasteiger charge is 2.41. The lowest BCUT2D eigenvalue weighted by molar-refractivity contribution is -0.136. The predicted molar refractivity (Wildman–Crippen MR) is 86.1 cm³/mol. The minimum atomic E-state index is -0.597. The zero-order valence-electron chi connectivity index (χ0n) is 12.4. The molecule has 4 nitrogen and oxygen atoms in total. The number of nitrogens with two attached hydrogens (primary N) is 1. The molecule has 1 aromatic rings. The van der Waals surface area contributed by atoms with Gasteiger partial charge in [0.05, 0.1) is 0 Å². The number of piperazine rings is 1. The first-order chi connectivity index (χ1) is 9.25. The van der Waals surface area contributed by atoms with Crippen molar-refractivity contribution in [3.8, 4) is 0 Å². The highest BCUT2D eigenvalue weighted by atomic mass is 32.1. The van der Waals surface area contributed by atoms with Crippen LogP contribution in [0.2, 0.25) is 0 Å². The van der Waals surface area contributed by atoms with E-state index < -0.39 is 5.54 Å². The predicted octanol–water partition coefficient (Wildman–Crippen LogP) is 1.69. The summed E-state index contributed by atoms with van der Waals surface area (Å²) in [5, 5.41) is 0. The molecule has 0 radical (unpaired) electrons. The van der Waals surface area contributed by atoms with E-state index in [1.54, 1.807) is 4.90 Å². The number of hydrogen-bond donors (Lipinski definition) is 1. The molecule has 108 valence electrons. The molecule has 1 aliphatic rings. The molecule has 1 amide bonds. The summed E-state index contributed by atoms with van der Waals surface area (Å²) in [5.74, 6) is 0.110. The van der Waals surface area contributed by atoms with Crippen LogP contribution in [0.4, 0.5) is 5.69 Å². The van der Waals surface area contributed by atoms with Crippen LogP contribution < -0.4 is 10.6 Å². The van der Waals surface area contributed by atoms with E-state index in [4.69, 9.17) is 18.0 Å². The van der Waals surface area contributed by atoms with Crippen molar-refractivity contribution in [2.75, 3.05) is 25.0 Å².